The molecule has 2 aromatic heterocycles. The average Bonchev–Trinajstić information content (AvgIpc) is 2.95. The molecule has 214 valence electrons. The van der Waals surface area contributed by atoms with Crippen LogP contribution in [-0.4, -0.2) is 43.6 Å². The zero-order valence-corrected chi connectivity index (χ0v) is 21.9. The van der Waals surface area contributed by atoms with Gasteiger partial charge in [0.05, 0.1) is 18.4 Å². The van der Waals surface area contributed by atoms with E-state index >= 15 is 4.39 Å². The summed E-state index contributed by atoms with van der Waals surface area (Å²) >= 11 is 0. The zero-order chi connectivity index (χ0) is 29.9. The predicted molar refractivity (Wildman–Crippen MR) is 137 cm³/mol. The summed E-state index contributed by atoms with van der Waals surface area (Å²) in [6, 6.07) is 5.88. The lowest BCUT2D eigenvalue weighted by Gasteiger charge is -2.24. The van der Waals surface area contributed by atoms with Gasteiger partial charge in [-0.05, 0) is 42.0 Å². The summed E-state index contributed by atoms with van der Waals surface area (Å²) in [6.45, 7) is 0. The van der Waals surface area contributed by atoms with Crippen LogP contribution < -0.4 is 19.7 Å². The second-order valence-electron chi connectivity index (χ2n) is 8.09. The van der Waals surface area contributed by atoms with Crippen molar-refractivity contribution in [2.75, 3.05) is 23.8 Å². The molecule has 4 aromatic rings. The Bertz CT molecular complexity index is 1690. The molecule has 0 bridgehead atoms. The quantitative estimate of drug-likeness (QED) is 0.269. The van der Waals surface area contributed by atoms with Crippen LogP contribution in [0.4, 0.5) is 44.2 Å². The monoisotopic (exact) mass is 594 g/mol. The van der Waals surface area contributed by atoms with Crippen LogP contribution in [-0.2, 0) is 10.0 Å². The van der Waals surface area contributed by atoms with E-state index in [2.05, 4.69) is 25.0 Å². The molecule has 0 fully saturated rings. The van der Waals surface area contributed by atoms with E-state index in [1.54, 1.807) is 0 Å². The highest BCUT2D eigenvalue weighted by Crippen LogP contribution is 2.40. The third-order valence-corrected chi connectivity index (χ3v) is 6.89. The molecule has 10 nitrogen and oxygen atoms in total. The number of methoxy groups -OCH3 is 1. The summed E-state index contributed by atoms with van der Waals surface area (Å²) in [5.74, 6) is -5.02. The van der Waals surface area contributed by atoms with Gasteiger partial charge in [0.2, 0.25) is 5.95 Å². The maximum Gasteiger partial charge on any atom is 0.327 e. The number of hydrogen-bond acceptors (Lipinski definition) is 7. The van der Waals surface area contributed by atoms with Crippen molar-refractivity contribution in [1.29, 1.82) is 0 Å². The Hall–Kier alpha value is -4.86. The molecule has 16 heteroatoms. The number of alkyl halides is 2. The Morgan fingerprint density at radius 2 is 1.71 bits per heavy atom. The number of halogens is 5. The molecule has 0 radical (unpaired) electrons. The molecule has 0 spiro atoms. The molecular weight excluding hydrogens is 575 g/mol. The summed E-state index contributed by atoms with van der Waals surface area (Å²) < 4.78 is 102. The second-order valence-corrected chi connectivity index (χ2v) is 9.77. The maximum atomic E-state index is 15.4. The molecule has 0 aliphatic carbocycles. The van der Waals surface area contributed by atoms with E-state index in [-0.39, 0.29) is 28.1 Å². The number of ether oxygens (including phenoxy) is 1. The maximum absolute atomic E-state index is 15.4. The lowest BCUT2D eigenvalue weighted by molar-refractivity contribution is 0.145. The van der Waals surface area contributed by atoms with Crippen molar-refractivity contribution in [3.05, 3.63) is 84.1 Å². The van der Waals surface area contributed by atoms with Crippen LogP contribution in [0.1, 0.15) is 12.0 Å². The third-order valence-electron chi connectivity index (χ3n) is 5.58. The van der Waals surface area contributed by atoms with Gasteiger partial charge >= 0.3 is 6.03 Å². The molecule has 0 atom stereocenters. The van der Waals surface area contributed by atoms with Crippen molar-refractivity contribution in [2.24, 2.45) is 0 Å². The fourth-order valence-corrected chi connectivity index (χ4v) is 4.57. The van der Waals surface area contributed by atoms with E-state index in [4.69, 9.17) is 4.74 Å². The van der Waals surface area contributed by atoms with Crippen LogP contribution >= 0.6 is 0 Å². The first-order valence-corrected chi connectivity index (χ1v) is 12.9. The van der Waals surface area contributed by atoms with Crippen LogP contribution in [0.25, 0.3) is 11.1 Å². The van der Waals surface area contributed by atoms with Gasteiger partial charge in [-0.1, -0.05) is 0 Å². The van der Waals surface area contributed by atoms with Gasteiger partial charge < -0.3 is 10.1 Å². The minimum Gasteiger partial charge on any atom is -0.495 e. The highest BCUT2D eigenvalue weighted by Gasteiger charge is 2.27. The van der Waals surface area contributed by atoms with Crippen LogP contribution in [0.5, 0.6) is 5.75 Å². The van der Waals surface area contributed by atoms with E-state index in [1.807, 2.05) is 0 Å². The number of sulfonamides is 1. The Balaban J connectivity index is 1.76. The molecule has 0 aliphatic heterocycles. The Morgan fingerprint density at radius 3 is 2.29 bits per heavy atom. The van der Waals surface area contributed by atoms with Gasteiger partial charge in [-0.25, -0.2) is 59.7 Å². The number of rotatable bonds is 8. The fraction of sp³-hybridized carbons (Fsp3) is 0.120. The fourth-order valence-electron chi connectivity index (χ4n) is 3.67. The highest BCUT2D eigenvalue weighted by atomic mass is 32.2. The number of carbonyl (C=O) groups is 1. The van der Waals surface area contributed by atoms with Gasteiger partial charge in [-0.3, -0.25) is 0 Å². The lowest BCUT2D eigenvalue weighted by atomic mass is 10.0. The molecule has 2 heterocycles. The molecule has 0 aliphatic rings. The molecular formula is C25H19F5N6O4S. The third kappa shape index (κ3) is 6.01. The van der Waals surface area contributed by atoms with Crippen molar-refractivity contribution in [1.82, 2.24) is 20.3 Å². The summed E-state index contributed by atoms with van der Waals surface area (Å²) in [7, 11) is -1.74. The molecule has 0 saturated heterocycles. The van der Waals surface area contributed by atoms with E-state index in [1.165, 1.54) is 32.6 Å². The van der Waals surface area contributed by atoms with E-state index in [0.29, 0.717) is 12.1 Å². The molecule has 41 heavy (non-hydrogen) atoms. The Labute approximate surface area is 229 Å². The standard InChI is InChI=1S/C25H19F5N6O4S/c1-31-25(37)36(21-5-4-14(12-34-21)41(38,39)35-24-32-6-3-7-33-24)19-11-17(26)15(10-20(19)40-2)13-8-16(23(29)30)22(28)18(27)9-13/h3-12,23H,1-2H3,(H,31,37)(H,32,33,35). The number of nitrogens with one attached hydrogen (secondary N) is 2. The number of urea groups is 1. The first kappa shape index (κ1) is 29.1. The van der Waals surface area contributed by atoms with Crippen molar-refractivity contribution >= 4 is 33.5 Å². The van der Waals surface area contributed by atoms with Gasteiger partial charge in [0.25, 0.3) is 16.4 Å². The van der Waals surface area contributed by atoms with Crippen molar-refractivity contribution in [3.8, 4) is 16.9 Å². The number of nitrogens with zero attached hydrogens (tertiary/aromatic N) is 4. The van der Waals surface area contributed by atoms with Crippen molar-refractivity contribution in [3.63, 3.8) is 0 Å². The van der Waals surface area contributed by atoms with Gasteiger partial charge in [0.1, 0.15) is 22.3 Å². The molecule has 4 rings (SSSR count). The molecule has 2 aromatic carbocycles. The van der Waals surface area contributed by atoms with Crippen molar-refractivity contribution in [2.45, 2.75) is 11.3 Å². The number of pyridine rings is 1. The summed E-state index contributed by atoms with van der Waals surface area (Å²) in [5.41, 5.74) is -2.33. The lowest BCUT2D eigenvalue weighted by Crippen LogP contribution is -2.35. The van der Waals surface area contributed by atoms with Crippen LogP contribution in [0, 0.1) is 17.5 Å². The molecule has 2 amide bonds. The van der Waals surface area contributed by atoms with Gasteiger partial charge in [0.15, 0.2) is 11.6 Å². The van der Waals surface area contributed by atoms with Crippen LogP contribution in [0.2, 0.25) is 0 Å². The average molecular weight is 595 g/mol. The number of anilines is 3. The van der Waals surface area contributed by atoms with Crippen molar-refractivity contribution < 1.29 is 39.9 Å². The van der Waals surface area contributed by atoms with E-state index in [9.17, 15) is 30.8 Å². The molecule has 0 saturated carbocycles. The summed E-state index contributed by atoms with van der Waals surface area (Å²) in [6.07, 6.45) is 0.220. The van der Waals surface area contributed by atoms with E-state index < -0.39 is 56.6 Å². The zero-order valence-electron chi connectivity index (χ0n) is 21.1. The largest absolute Gasteiger partial charge is 0.495 e. The number of carbonyl (C=O) groups excluding carboxylic acids is 1. The first-order valence-electron chi connectivity index (χ1n) is 11.4. The number of benzene rings is 2. The number of hydrogen-bond donors (Lipinski definition) is 2. The van der Waals surface area contributed by atoms with Gasteiger partial charge in [-0.2, -0.15) is 0 Å². The Morgan fingerprint density at radius 1 is 1.00 bits per heavy atom. The van der Waals surface area contributed by atoms with Gasteiger partial charge in [0, 0.05) is 37.3 Å². The minimum absolute atomic E-state index is 0.169. The van der Waals surface area contributed by atoms with E-state index in [0.717, 1.165) is 35.4 Å². The summed E-state index contributed by atoms with van der Waals surface area (Å²) in [5, 5.41) is 2.34. The topological polar surface area (TPSA) is 126 Å². The SMILES string of the molecule is CNC(=O)N(c1ccc(S(=O)(=O)Nc2ncccn2)cn1)c1cc(F)c(-c2cc(F)c(F)c(C(F)F)c2)cc1OC. The normalized spacial score (nSPS) is 11.3. The van der Waals surface area contributed by atoms with Gasteiger partial charge in [-0.15, -0.1) is 0 Å². The highest BCUT2D eigenvalue weighted by molar-refractivity contribution is 7.92. The number of aromatic nitrogens is 3. The smallest absolute Gasteiger partial charge is 0.327 e. The van der Waals surface area contributed by atoms with Crippen LogP contribution in [0.15, 0.2) is 66.0 Å². The minimum atomic E-state index is -4.17. The first-order chi connectivity index (χ1) is 19.5. The number of amides is 2. The Kier molecular flexibility index (Phi) is 8.32. The predicted octanol–water partition coefficient (Wildman–Crippen LogP) is 5.18. The molecule has 2 N–H and O–H groups in total. The molecule has 0 unspecified atom stereocenters. The second kappa shape index (κ2) is 11.7. The van der Waals surface area contributed by atoms with Crippen LogP contribution in [0.3, 0.4) is 0 Å². The summed E-state index contributed by atoms with van der Waals surface area (Å²) in [4.78, 5) is 25.0.